The number of nitrogens with one attached hydrogen (secondary N) is 2. The van der Waals surface area contributed by atoms with Gasteiger partial charge in [-0.25, -0.2) is 4.98 Å². The van der Waals surface area contributed by atoms with E-state index in [9.17, 15) is 9.59 Å². The molecule has 1 aliphatic heterocycles. The molecular formula is C19H26N4O2S. The van der Waals surface area contributed by atoms with Crippen LogP contribution in [-0.2, 0) is 9.59 Å². The van der Waals surface area contributed by atoms with Crippen LogP contribution < -0.4 is 10.6 Å². The van der Waals surface area contributed by atoms with Crippen LogP contribution in [0.15, 0.2) is 24.3 Å². The Morgan fingerprint density at radius 1 is 1.23 bits per heavy atom. The van der Waals surface area contributed by atoms with E-state index in [2.05, 4.69) is 21.6 Å². The van der Waals surface area contributed by atoms with Crippen molar-refractivity contribution in [3.63, 3.8) is 0 Å². The van der Waals surface area contributed by atoms with Crippen LogP contribution in [0.1, 0.15) is 43.7 Å². The number of amides is 2. The van der Waals surface area contributed by atoms with Gasteiger partial charge >= 0.3 is 0 Å². The molecule has 3 rings (SSSR count). The van der Waals surface area contributed by atoms with Crippen LogP contribution in [-0.4, -0.2) is 47.9 Å². The Bertz CT molecular complexity index is 728. The first-order valence-corrected chi connectivity index (χ1v) is 10.1. The molecular weight excluding hydrogens is 348 g/mol. The summed E-state index contributed by atoms with van der Waals surface area (Å²) >= 11 is 1.71. The Kier molecular flexibility index (Phi) is 6.57. The zero-order valence-electron chi connectivity index (χ0n) is 15.2. The van der Waals surface area contributed by atoms with Gasteiger partial charge in [0.05, 0.1) is 29.3 Å². The molecule has 2 aromatic rings. The molecule has 2 amide bonds. The van der Waals surface area contributed by atoms with Crippen molar-refractivity contribution >= 4 is 33.4 Å². The van der Waals surface area contributed by atoms with Crippen LogP contribution >= 0.6 is 11.3 Å². The molecule has 0 spiro atoms. The van der Waals surface area contributed by atoms with Crippen LogP contribution in [0.25, 0.3) is 10.2 Å². The first kappa shape index (κ1) is 18.8. The van der Waals surface area contributed by atoms with Crippen molar-refractivity contribution in [1.29, 1.82) is 0 Å². The van der Waals surface area contributed by atoms with Gasteiger partial charge in [0.2, 0.25) is 11.8 Å². The number of benzene rings is 1. The highest BCUT2D eigenvalue weighted by Gasteiger charge is 2.28. The Labute approximate surface area is 158 Å². The lowest BCUT2D eigenvalue weighted by atomic mass is 10.0. The summed E-state index contributed by atoms with van der Waals surface area (Å²) in [7, 11) is 0. The van der Waals surface area contributed by atoms with E-state index in [0.29, 0.717) is 13.1 Å². The molecule has 0 aliphatic carbocycles. The largest absolute Gasteiger partial charge is 0.355 e. The van der Waals surface area contributed by atoms with Gasteiger partial charge in [-0.2, -0.15) is 0 Å². The van der Waals surface area contributed by atoms with Gasteiger partial charge < -0.3 is 10.6 Å². The first-order chi connectivity index (χ1) is 12.7. The predicted molar refractivity (Wildman–Crippen MR) is 104 cm³/mol. The summed E-state index contributed by atoms with van der Waals surface area (Å²) in [5, 5.41) is 6.58. The van der Waals surface area contributed by atoms with E-state index in [-0.39, 0.29) is 24.4 Å². The van der Waals surface area contributed by atoms with Crippen molar-refractivity contribution in [2.45, 2.75) is 38.6 Å². The Morgan fingerprint density at radius 2 is 2.08 bits per heavy atom. The predicted octanol–water partition coefficient (Wildman–Crippen LogP) is 2.47. The third-order valence-electron chi connectivity index (χ3n) is 4.57. The minimum atomic E-state index is -0.137. The fourth-order valence-corrected chi connectivity index (χ4v) is 4.38. The number of rotatable bonds is 7. The highest BCUT2D eigenvalue weighted by Crippen LogP contribution is 2.35. The van der Waals surface area contributed by atoms with Gasteiger partial charge in [0.1, 0.15) is 5.01 Å². The standard InChI is InChI=1S/C19H26N4O2S/c1-2-10-20-17(24)12-21-18(25)13-23-11-6-5-8-15(23)19-22-14-7-3-4-9-16(14)26-19/h3-4,7,9,15H,2,5-6,8,10-13H2,1H3,(H,20,24)(H,21,25)/t15-/m1/s1. The maximum atomic E-state index is 12.3. The number of carbonyl (C=O) groups is 2. The molecule has 2 N–H and O–H groups in total. The van der Waals surface area contributed by atoms with E-state index >= 15 is 0 Å². The van der Waals surface area contributed by atoms with E-state index < -0.39 is 0 Å². The van der Waals surface area contributed by atoms with Crippen molar-refractivity contribution in [2.24, 2.45) is 0 Å². The number of para-hydroxylation sites is 1. The fourth-order valence-electron chi connectivity index (χ4n) is 3.24. The van der Waals surface area contributed by atoms with E-state index in [1.54, 1.807) is 11.3 Å². The number of hydrogen-bond donors (Lipinski definition) is 2. The summed E-state index contributed by atoms with van der Waals surface area (Å²) in [6.45, 7) is 3.87. The molecule has 1 atom stereocenters. The number of piperidine rings is 1. The molecule has 26 heavy (non-hydrogen) atoms. The topological polar surface area (TPSA) is 74.3 Å². The number of fused-ring (bicyclic) bond motifs is 1. The highest BCUT2D eigenvalue weighted by molar-refractivity contribution is 7.18. The van der Waals surface area contributed by atoms with Gasteiger partial charge in [-0.15, -0.1) is 11.3 Å². The number of hydrogen-bond acceptors (Lipinski definition) is 5. The lowest BCUT2D eigenvalue weighted by Gasteiger charge is -2.33. The van der Waals surface area contributed by atoms with Gasteiger partial charge in [0, 0.05) is 6.54 Å². The number of thiazole rings is 1. The molecule has 1 aliphatic rings. The van der Waals surface area contributed by atoms with Crippen LogP contribution in [0.4, 0.5) is 0 Å². The molecule has 1 aromatic carbocycles. The van der Waals surface area contributed by atoms with Crippen molar-refractivity contribution in [2.75, 3.05) is 26.2 Å². The Morgan fingerprint density at radius 3 is 2.88 bits per heavy atom. The van der Waals surface area contributed by atoms with E-state index in [1.807, 2.05) is 25.1 Å². The number of nitrogens with zero attached hydrogens (tertiary/aromatic N) is 2. The second kappa shape index (κ2) is 9.09. The summed E-state index contributed by atoms with van der Waals surface area (Å²) in [5.41, 5.74) is 1.02. The lowest BCUT2D eigenvalue weighted by molar-refractivity contribution is -0.127. The quantitative estimate of drug-likeness (QED) is 0.781. The Hall–Kier alpha value is -1.99. The number of aromatic nitrogens is 1. The average molecular weight is 375 g/mol. The van der Waals surface area contributed by atoms with Gasteiger partial charge in [0.15, 0.2) is 0 Å². The minimum absolute atomic E-state index is 0.0402. The maximum Gasteiger partial charge on any atom is 0.239 e. The molecule has 6 nitrogen and oxygen atoms in total. The lowest BCUT2D eigenvalue weighted by Crippen LogP contribution is -2.44. The van der Waals surface area contributed by atoms with Gasteiger partial charge in [-0.05, 0) is 37.9 Å². The fraction of sp³-hybridized carbons (Fsp3) is 0.526. The SMILES string of the molecule is CCCNC(=O)CNC(=O)CN1CCCC[C@@H]1c1nc2ccccc2s1. The van der Waals surface area contributed by atoms with Crippen LogP contribution in [0.2, 0.25) is 0 Å². The summed E-state index contributed by atoms with van der Waals surface area (Å²) in [6, 6.07) is 8.33. The van der Waals surface area contributed by atoms with Crippen molar-refractivity contribution < 1.29 is 9.59 Å². The van der Waals surface area contributed by atoms with Crippen molar-refractivity contribution in [3.8, 4) is 0 Å². The first-order valence-electron chi connectivity index (χ1n) is 9.30. The molecule has 0 radical (unpaired) electrons. The van der Waals surface area contributed by atoms with Crippen LogP contribution in [0, 0.1) is 0 Å². The van der Waals surface area contributed by atoms with Crippen molar-refractivity contribution in [3.05, 3.63) is 29.3 Å². The third-order valence-corrected chi connectivity index (χ3v) is 5.71. The normalized spacial score (nSPS) is 18.0. The monoisotopic (exact) mass is 374 g/mol. The second-order valence-corrected chi connectivity index (χ2v) is 7.69. The van der Waals surface area contributed by atoms with Crippen LogP contribution in [0.5, 0.6) is 0 Å². The molecule has 0 unspecified atom stereocenters. The summed E-state index contributed by atoms with van der Waals surface area (Å²) in [5.74, 6) is -0.244. The summed E-state index contributed by atoms with van der Waals surface area (Å²) in [4.78, 5) is 30.9. The highest BCUT2D eigenvalue weighted by atomic mass is 32.1. The van der Waals surface area contributed by atoms with E-state index in [0.717, 1.165) is 42.8 Å². The molecule has 1 aromatic heterocycles. The molecule has 140 valence electrons. The molecule has 2 heterocycles. The summed E-state index contributed by atoms with van der Waals surface area (Å²) < 4.78 is 1.19. The van der Waals surface area contributed by atoms with Gasteiger partial charge in [-0.1, -0.05) is 25.5 Å². The van der Waals surface area contributed by atoms with E-state index in [1.165, 1.54) is 4.70 Å². The van der Waals surface area contributed by atoms with E-state index in [4.69, 9.17) is 4.98 Å². The summed E-state index contributed by atoms with van der Waals surface area (Å²) in [6.07, 6.45) is 4.14. The zero-order chi connectivity index (χ0) is 18.4. The molecule has 7 heteroatoms. The number of likely N-dealkylation sites (tertiary alicyclic amines) is 1. The number of carbonyl (C=O) groups excluding carboxylic acids is 2. The average Bonchev–Trinajstić information content (AvgIpc) is 3.09. The smallest absolute Gasteiger partial charge is 0.239 e. The Balaban J connectivity index is 1.60. The molecule has 1 fully saturated rings. The molecule has 0 bridgehead atoms. The van der Waals surface area contributed by atoms with Crippen LogP contribution in [0.3, 0.4) is 0 Å². The maximum absolute atomic E-state index is 12.3. The minimum Gasteiger partial charge on any atom is -0.355 e. The van der Waals surface area contributed by atoms with Gasteiger partial charge in [0.25, 0.3) is 0 Å². The van der Waals surface area contributed by atoms with Crippen molar-refractivity contribution in [1.82, 2.24) is 20.5 Å². The molecule has 0 saturated carbocycles. The molecule has 1 saturated heterocycles. The van der Waals surface area contributed by atoms with Gasteiger partial charge in [-0.3, -0.25) is 14.5 Å². The third kappa shape index (κ3) is 4.80. The zero-order valence-corrected chi connectivity index (χ0v) is 16.0. The second-order valence-electron chi connectivity index (χ2n) is 6.63.